The van der Waals surface area contributed by atoms with Crippen LogP contribution in [-0.4, -0.2) is 45.6 Å². The Morgan fingerprint density at radius 3 is 2.94 bits per heavy atom. The third-order valence-electron chi connectivity index (χ3n) is 5.35. The second-order valence-corrected chi connectivity index (χ2v) is 7.42. The van der Waals surface area contributed by atoms with Crippen molar-refractivity contribution in [3.05, 3.63) is 46.9 Å². The summed E-state index contributed by atoms with van der Waals surface area (Å²) in [7, 11) is 0. The number of halogens is 3. The van der Waals surface area contributed by atoms with E-state index in [1.54, 1.807) is 24.0 Å². The van der Waals surface area contributed by atoms with Crippen molar-refractivity contribution in [2.24, 2.45) is 0 Å². The van der Waals surface area contributed by atoms with E-state index in [0.29, 0.717) is 31.6 Å². The number of rotatable bonds is 4. The topological polar surface area (TPSA) is 81.4 Å². The van der Waals surface area contributed by atoms with Crippen LogP contribution in [-0.2, 0) is 6.18 Å². The van der Waals surface area contributed by atoms with Crippen molar-refractivity contribution in [3.63, 3.8) is 0 Å². The van der Waals surface area contributed by atoms with Crippen molar-refractivity contribution in [3.8, 4) is 5.88 Å². The molecule has 1 fully saturated rings. The number of piperidine rings is 1. The first-order chi connectivity index (χ1) is 14.8. The summed E-state index contributed by atoms with van der Waals surface area (Å²) in [5.41, 5.74) is -0.251. The maximum absolute atomic E-state index is 13.7. The molecule has 0 spiro atoms. The Morgan fingerprint density at radius 2 is 2.19 bits per heavy atom. The van der Waals surface area contributed by atoms with Gasteiger partial charge in [-0.1, -0.05) is 5.16 Å². The molecule has 0 aromatic carbocycles. The van der Waals surface area contributed by atoms with Gasteiger partial charge in [0.05, 0.1) is 28.9 Å². The molecule has 0 N–H and O–H groups in total. The predicted octanol–water partition coefficient (Wildman–Crippen LogP) is 4.36. The molecule has 3 aromatic rings. The van der Waals surface area contributed by atoms with Gasteiger partial charge >= 0.3 is 6.18 Å². The average Bonchev–Trinajstić information content (AvgIpc) is 3.13. The number of carbonyl (C=O) groups is 1. The lowest BCUT2D eigenvalue weighted by atomic mass is 9.92. The van der Waals surface area contributed by atoms with E-state index in [1.807, 2.05) is 0 Å². The SMILES string of the molecule is CCOc1ncccc1C(=O)N1CCC[C@H](c2cc(C(F)(F)F)c3c(C)noc3n2)C1. The highest BCUT2D eigenvalue weighted by molar-refractivity contribution is 5.96. The lowest BCUT2D eigenvalue weighted by Crippen LogP contribution is -2.39. The number of carbonyl (C=O) groups excluding carboxylic acids is 1. The van der Waals surface area contributed by atoms with Crippen LogP contribution in [0, 0.1) is 6.92 Å². The highest BCUT2D eigenvalue weighted by Crippen LogP contribution is 2.38. The van der Waals surface area contributed by atoms with E-state index in [0.717, 1.165) is 6.07 Å². The summed E-state index contributed by atoms with van der Waals surface area (Å²) in [5, 5.41) is 3.52. The van der Waals surface area contributed by atoms with E-state index in [-0.39, 0.29) is 46.7 Å². The van der Waals surface area contributed by atoms with Gasteiger partial charge in [0.15, 0.2) is 0 Å². The summed E-state index contributed by atoms with van der Waals surface area (Å²) in [5.74, 6) is -0.386. The zero-order valence-electron chi connectivity index (χ0n) is 17.1. The van der Waals surface area contributed by atoms with Crippen LogP contribution in [0.1, 0.15) is 53.0 Å². The molecule has 1 aliphatic heterocycles. The van der Waals surface area contributed by atoms with Gasteiger partial charge in [0.1, 0.15) is 5.56 Å². The minimum absolute atomic E-state index is 0.128. The fourth-order valence-corrected chi connectivity index (χ4v) is 3.93. The first-order valence-corrected chi connectivity index (χ1v) is 10.0. The summed E-state index contributed by atoms with van der Waals surface area (Å²) in [4.78, 5) is 23.1. The Bertz CT molecular complexity index is 1110. The summed E-state index contributed by atoms with van der Waals surface area (Å²) < 4.78 is 51.5. The van der Waals surface area contributed by atoms with Crippen molar-refractivity contribution in [1.29, 1.82) is 0 Å². The summed E-state index contributed by atoms with van der Waals surface area (Å²) in [6, 6.07) is 4.34. The van der Waals surface area contributed by atoms with Crippen molar-refractivity contribution in [2.45, 2.75) is 38.8 Å². The highest BCUT2D eigenvalue weighted by atomic mass is 19.4. The van der Waals surface area contributed by atoms with E-state index in [9.17, 15) is 18.0 Å². The number of ether oxygens (including phenoxy) is 1. The van der Waals surface area contributed by atoms with Gasteiger partial charge in [-0.25, -0.2) is 9.97 Å². The van der Waals surface area contributed by atoms with Crippen molar-refractivity contribution in [1.82, 2.24) is 20.0 Å². The fraction of sp³-hybridized carbons (Fsp3) is 0.429. The number of pyridine rings is 2. The smallest absolute Gasteiger partial charge is 0.417 e. The molecular weight excluding hydrogens is 413 g/mol. The summed E-state index contributed by atoms with van der Waals surface area (Å²) in [6.07, 6.45) is -1.79. The first kappa shape index (κ1) is 21.1. The van der Waals surface area contributed by atoms with Crippen LogP contribution in [0.15, 0.2) is 28.9 Å². The molecule has 1 aliphatic rings. The molecule has 7 nitrogen and oxygen atoms in total. The van der Waals surface area contributed by atoms with E-state index in [4.69, 9.17) is 9.26 Å². The number of likely N-dealkylation sites (tertiary alicyclic amines) is 1. The molecule has 0 saturated carbocycles. The molecule has 0 unspecified atom stereocenters. The number of hydrogen-bond donors (Lipinski definition) is 0. The maximum Gasteiger partial charge on any atom is 0.417 e. The minimum Gasteiger partial charge on any atom is -0.477 e. The fourth-order valence-electron chi connectivity index (χ4n) is 3.93. The van der Waals surface area contributed by atoms with Crippen LogP contribution in [0.4, 0.5) is 13.2 Å². The monoisotopic (exact) mass is 434 g/mol. The molecule has 3 aromatic heterocycles. The van der Waals surface area contributed by atoms with Crippen LogP contribution in [0.2, 0.25) is 0 Å². The van der Waals surface area contributed by atoms with E-state index in [2.05, 4.69) is 15.1 Å². The first-order valence-electron chi connectivity index (χ1n) is 10.0. The van der Waals surface area contributed by atoms with Gasteiger partial charge in [-0.3, -0.25) is 4.79 Å². The van der Waals surface area contributed by atoms with Gasteiger partial charge in [0.2, 0.25) is 5.88 Å². The number of alkyl halides is 3. The Balaban J connectivity index is 1.65. The molecule has 1 amide bonds. The second kappa shape index (κ2) is 8.16. The van der Waals surface area contributed by atoms with E-state index >= 15 is 0 Å². The number of aromatic nitrogens is 3. The number of hydrogen-bond acceptors (Lipinski definition) is 6. The Morgan fingerprint density at radius 1 is 1.39 bits per heavy atom. The lowest BCUT2D eigenvalue weighted by molar-refractivity contribution is -0.136. The van der Waals surface area contributed by atoms with Crippen LogP contribution in [0.5, 0.6) is 5.88 Å². The van der Waals surface area contributed by atoms with Gasteiger partial charge in [0, 0.05) is 25.2 Å². The second-order valence-electron chi connectivity index (χ2n) is 7.42. The zero-order valence-corrected chi connectivity index (χ0v) is 17.1. The number of nitrogens with zero attached hydrogens (tertiary/aromatic N) is 4. The Hall–Kier alpha value is -3.17. The summed E-state index contributed by atoms with van der Waals surface area (Å²) >= 11 is 0. The third kappa shape index (κ3) is 4.06. The number of fused-ring (bicyclic) bond motifs is 1. The summed E-state index contributed by atoms with van der Waals surface area (Å²) in [6.45, 7) is 4.34. The lowest BCUT2D eigenvalue weighted by Gasteiger charge is -2.33. The standard InChI is InChI=1S/C21H21F3N4O3/c1-3-30-18-14(7-4-8-25-18)20(29)28-9-5-6-13(11-28)16-10-15(21(22,23)24)17-12(2)27-31-19(17)26-16/h4,7-8,10,13H,3,5-6,9,11H2,1-2H3/t13-/m0/s1. The molecule has 4 rings (SSSR count). The minimum atomic E-state index is -4.57. The average molecular weight is 434 g/mol. The van der Waals surface area contributed by atoms with Gasteiger partial charge < -0.3 is 14.2 Å². The molecule has 10 heteroatoms. The molecule has 4 heterocycles. The molecule has 1 saturated heterocycles. The number of amides is 1. The van der Waals surface area contributed by atoms with E-state index in [1.165, 1.54) is 13.1 Å². The van der Waals surface area contributed by atoms with Gasteiger partial charge in [0.25, 0.3) is 11.6 Å². The van der Waals surface area contributed by atoms with Crippen molar-refractivity contribution >= 4 is 17.0 Å². The molecule has 0 bridgehead atoms. The van der Waals surface area contributed by atoms with Gasteiger partial charge in [-0.2, -0.15) is 13.2 Å². The Kier molecular flexibility index (Phi) is 5.55. The molecule has 31 heavy (non-hydrogen) atoms. The Labute approximate surface area is 176 Å². The normalized spacial score (nSPS) is 17.2. The quantitative estimate of drug-likeness (QED) is 0.607. The van der Waals surface area contributed by atoms with Gasteiger partial charge in [-0.05, 0) is 44.9 Å². The molecule has 1 atom stereocenters. The zero-order chi connectivity index (χ0) is 22.2. The molecule has 0 radical (unpaired) electrons. The van der Waals surface area contributed by atoms with Gasteiger partial charge in [-0.15, -0.1) is 0 Å². The van der Waals surface area contributed by atoms with Crippen LogP contribution in [0.3, 0.4) is 0 Å². The number of aryl methyl sites for hydroxylation is 1. The van der Waals surface area contributed by atoms with E-state index < -0.39 is 11.7 Å². The molecule has 164 valence electrons. The van der Waals surface area contributed by atoms with Crippen molar-refractivity contribution in [2.75, 3.05) is 19.7 Å². The van der Waals surface area contributed by atoms with Crippen LogP contribution >= 0.6 is 0 Å². The van der Waals surface area contributed by atoms with Crippen molar-refractivity contribution < 1.29 is 27.2 Å². The van der Waals surface area contributed by atoms with Crippen LogP contribution in [0.25, 0.3) is 11.1 Å². The maximum atomic E-state index is 13.7. The third-order valence-corrected chi connectivity index (χ3v) is 5.35. The molecular formula is C21H21F3N4O3. The molecule has 0 aliphatic carbocycles. The largest absolute Gasteiger partial charge is 0.477 e. The van der Waals surface area contributed by atoms with Crippen LogP contribution < -0.4 is 4.74 Å². The predicted molar refractivity (Wildman–Crippen MR) is 105 cm³/mol. The highest BCUT2D eigenvalue weighted by Gasteiger charge is 2.37.